The molecule has 1 atom stereocenters. The molecule has 1 saturated heterocycles. The first kappa shape index (κ1) is 15.3. The Kier molecular flexibility index (Phi) is 5.49. The fraction of sp³-hybridized carbons (Fsp3) is 0.562. The third kappa shape index (κ3) is 4.41. The molecule has 1 amide bonds. The molecular weight excluding hydrogens is 300 g/mol. The summed E-state index contributed by atoms with van der Waals surface area (Å²) in [6, 6.07) is 8.62. The van der Waals surface area contributed by atoms with Crippen molar-refractivity contribution in [2.45, 2.75) is 48.4 Å². The molecule has 2 N–H and O–H groups in total. The quantitative estimate of drug-likeness (QED) is 0.874. The predicted octanol–water partition coefficient (Wildman–Crippen LogP) is 3.00. The summed E-state index contributed by atoms with van der Waals surface area (Å²) in [5.74, 6) is 1.87. The van der Waals surface area contributed by atoms with Crippen molar-refractivity contribution in [2.75, 3.05) is 11.6 Å². The first-order valence-corrected chi connectivity index (χ1v) is 9.69. The summed E-state index contributed by atoms with van der Waals surface area (Å²) in [6.45, 7) is 0.621. The minimum atomic E-state index is -0.0211. The van der Waals surface area contributed by atoms with Crippen LogP contribution in [-0.2, 0) is 11.3 Å². The molecule has 0 radical (unpaired) electrons. The van der Waals surface area contributed by atoms with Crippen molar-refractivity contribution in [1.29, 1.82) is 0 Å². The molecule has 1 unspecified atom stereocenters. The van der Waals surface area contributed by atoms with Gasteiger partial charge in [0.2, 0.25) is 5.91 Å². The van der Waals surface area contributed by atoms with Gasteiger partial charge in [-0.1, -0.05) is 25.0 Å². The third-order valence-electron chi connectivity index (χ3n) is 4.03. The molecule has 0 bridgehead atoms. The molecule has 0 spiro atoms. The first-order valence-electron chi connectivity index (χ1n) is 7.66. The summed E-state index contributed by atoms with van der Waals surface area (Å²) < 4.78 is 0. The summed E-state index contributed by atoms with van der Waals surface area (Å²) in [5.41, 5.74) is 1.17. The van der Waals surface area contributed by atoms with Crippen molar-refractivity contribution in [1.82, 2.24) is 10.6 Å². The standard InChI is InChI=1S/C16H22N2OS2/c19-16(15-10-20-11-18-15)17-9-12-5-7-14(8-6-12)21-13-3-1-2-4-13/h5-8,13,15,18H,1-4,9-11H2,(H,17,19). The largest absolute Gasteiger partial charge is 0.351 e. The zero-order valence-corrected chi connectivity index (χ0v) is 13.8. The number of nitrogens with one attached hydrogen (secondary N) is 2. The number of thioether (sulfide) groups is 2. The van der Waals surface area contributed by atoms with Crippen LogP contribution in [0.25, 0.3) is 0 Å². The number of hydrogen-bond donors (Lipinski definition) is 2. The van der Waals surface area contributed by atoms with Crippen LogP contribution in [0, 0.1) is 0 Å². The van der Waals surface area contributed by atoms with Gasteiger partial charge in [0.1, 0.15) is 0 Å². The normalized spacial score (nSPS) is 22.6. The Morgan fingerprint density at radius 3 is 2.71 bits per heavy atom. The van der Waals surface area contributed by atoms with Crippen molar-refractivity contribution in [3.05, 3.63) is 29.8 Å². The molecule has 1 aliphatic carbocycles. The lowest BCUT2D eigenvalue weighted by Gasteiger charge is -2.11. The van der Waals surface area contributed by atoms with E-state index in [0.29, 0.717) is 6.54 Å². The molecule has 1 aromatic rings. The lowest BCUT2D eigenvalue weighted by Crippen LogP contribution is -2.41. The van der Waals surface area contributed by atoms with Crippen molar-refractivity contribution >= 4 is 29.4 Å². The summed E-state index contributed by atoms with van der Waals surface area (Å²) in [6.07, 6.45) is 5.48. The number of benzene rings is 1. The number of amides is 1. The number of carbonyl (C=O) groups excluding carboxylic acids is 1. The fourth-order valence-corrected chi connectivity index (χ4v) is 4.95. The Morgan fingerprint density at radius 1 is 1.29 bits per heavy atom. The SMILES string of the molecule is O=C(NCc1ccc(SC2CCCC2)cc1)C1CSCN1. The van der Waals surface area contributed by atoms with Crippen LogP contribution in [-0.4, -0.2) is 28.8 Å². The molecule has 2 aliphatic rings. The molecule has 2 fully saturated rings. The maximum absolute atomic E-state index is 11.9. The second kappa shape index (κ2) is 7.56. The highest BCUT2D eigenvalue weighted by Gasteiger charge is 2.21. The van der Waals surface area contributed by atoms with E-state index in [-0.39, 0.29) is 11.9 Å². The maximum Gasteiger partial charge on any atom is 0.238 e. The average Bonchev–Trinajstić information content (AvgIpc) is 3.19. The molecular formula is C16H22N2OS2. The van der Waals surface area contributed by atoms with Crippen molar-refractivity contribution in [3.63, 3.8) is 0 Å². The van der Waals surface area contributed by atoms with E-state index in [1.807, 2.05) is 11.8 Å². The highest BCUT2D eigenvalue weighted by Crippen LogP contribution is 2.34. The molecule has 3 rings (SSSR count). The molecule has 1 heterocycles. The van der Waals surface area contributed by atoms with E-state index in [4.69, 9.17) is 0 Å². The zero-order valence-electron chi connectivity index (χ0n) is 12.1. The Bertz CT molecular complexity index is 466. The minimum Gasteiger partial charge on any atom is -0.351 e. The molecule has 5 heteroatoms. The second-order valence-electron chi connectivity index (χ2n) is 5.66. The van der Waals surface area contributed by atoms with Gasteiger partial charge in [-0.05, 0) is 30.5 Å². The fourth-order valence-electron chi connectivity index (χ4n) is 2.76. The highest BCUT2D eigenvalue weighted by atomic mass is 32.2. The van der Waals surface area contributed by atoms with Gasteiger partial charge in [0.25, 0.3) is 0 Å². The van der Waals surface area contributed by atoms with Gasteiger partial charge in [0.05, 0.1) is 6.04 Å². The maximum atomic E-state index is 11.9. The Hall–Kier alpha value is -0.650. The van der Waals surface area contributed by atoms with Crippen LogP contribution in [0.3, 0.4) is 0 Å². The molecule has 1 aromatic carbocycles. The number of carbonyl (C=O) groups is 1. The summed E-state index contributed by atoms with van der Waals surface area (Å²) in [5, 5.41) is 7.01. The van der Waals surface area contributed by atoms with Gasteiger partial charge in [-0.3, -0.25) is 10.1 Å². The van der Waals surface area contributed by atoms with Gasteiger partial charge in [0, 0.05) is 28.3 Å². The van der Waals surface area contributed by atoms with E-state index in [2.05, 4.69) is 34.9 Å². The van der Waals surface area contributed by atoms with E-state index in [9.17, 15) is 4.79 Å². The molecule has 114 valence electrons. The highest BCUT2D eigenvalue weighted by molar-refractivity contribution is 8.00. The molecule has 21 heavy (non-hydrogen) atoms. The Labute approximate surface area is 135 Å². The number of rotatable bonds is 5. The van der Waals surface area contributed by atoms with Gasteiger partial charge in [0.15, 0.2) is 0 Å². The average molecular weight is 322 g/mol. The molecule has 1 aliphatic heterocycles. The summed E-state index contributed by atoms with van der Waals surface area (Å²) in [7, 11) is 0. The third-order valence-corrected chi connectivity index (χ3v) is 6.32. The van der Waals surface area contributed by atoms with Gasteiger partial charge in [-0.15, -0.1) is 23.5 Å². The van der Waals surface area contributed by atoms with Crippen LogP contribution in [0.2, 0.25) is 0 Å². The van der Waals surface area contributed by atoms with Crippen LogP contribution in [0.1, 0.15) is 31.2 Å². The lowest BCUT2D eigenvalue weighted by molar-refractivity contribution is -0.122. The minimum absolute atomic E-state index is 0.0211. The Morgan fingerprint density at radius 2 is 2.05 bits per heavy atom. The van der Waals surface area contributed by atoms with E-state index >= 15 is 0 Å². The molecule has 0 aromatic heterocycles. The predicted molar refractivity (Wildman–Crippen MR) is 90.7 cm³/mol. The zero-order chi connectivity index (χ0) is 14.5. The van der Waals surface area contributed by atoms with E-state index in [0.717, 1.165) is 16.9 Å². The van der Waals surface area contributed by atoms with Gasteiger partial charge in [-0.25, -0.2) is 0 Å². The van der Waals surface area contributed by atoms with Crippen molar-refractivity contribution in [2.24, 2.45) is 0 Å². The lowest BCUT2D eigenvalue weighted by atomic mass is 10.2. The van der Waals surface area contributed by atoms with Crippen LogP contribution < -0.4 is 10.6 Å². The van der Waals surface area contributed by atoms with E-state index < -0.39 is 0 Å². The van der Waals surface area contributed by atoms with Crippen molar-refractivity contribution < 1.29 is 4.79 Å². The van der Waals surface area contributed by atoms with Crippen LogP contribution in [0.4, 0.5) is 0 Å². The van der Waals surface area contributed by atoms with Crippen LogP contribution in [0.15, 0.2) is 29.2 Å². The van der Waals surface area contributed by atoms with Crippen LogP contribution >= 0.6 is 23.5 Å². The van der Waals surface area contributed by atoms with E-state index in [1.54, 1.807) is 11.8 Å². The van der Waals surface area contributed by atoms with Gasteiger partial charge < -0.3 is 5.32 Å². The van der Waals surface area contributed by atoms with Gasteiger partial charge in [-0.2, -0.15) is 0 Å². The summed E-state index contributed by atoms with van der Waals surface area (Å²) >= 11 is 3.78. The molecule has 1 saturated carbocycles. The smallest absolute Gasteiger partial charge is 0.238 e. The molecule has 3 nitrogen and oxygen atoms in total. The first-order chi connectivity index (χ1) is 10.3. The van der Waals surface area contributed by atoms with Crippen molar-refractivity contribution in [3.8, 4) is 0 Å². The monoisotopic (exact) mass is 322 g/mol. The Balaban J connectivity index is 1.46. The van der Waals surface area contributed by atoms with Crippen LogP contribution in [0.5, 0.6) is 0 Å². The summed E-state index contributed by atoms with van der Waals surface area (Å²) in [4.78, 5) is 13.3. The second-order valence-corrected chi connectivity index (χ2v) is 8.06. The van der Waals surface area contributed by atoms with Gasteiger partial charge >= 0.3 is 0 Å². The van der Waals surface area contributed by atoms with E-state index in [1.165, 1.54) is 36.1 Å². The number of hydrogen-bond acceptors (Lipinski definition) is 4. The topological polar surface area (TPSA) is 41.1 Å².